The van der Waals surface area contributed by atoms with Gasteiger partial charge in [-0.05, 0) is 76.1 Å². The molecule has 1 aromatic carbocycles. The van der Waals surface area contributed by atoms with E-state index in [1.54, 1.807) is 0 Å². The Hall–Kier alpha value is -2.61. The smallest absolute Gasteiger partial charge is 0.260 e. The summed E-state index contributed by atoms with van der Waals surface area (Å²) < 4.78 is 5.63. The molecular formula is C26H38N4O4. The maximum Gasteiger partial charge on any atom is 0.260 e. The second-order valence-electron chi connectivity index (χ2n) is 9.92. The average molecular weight is 471 g/mol. The highest BCUT2D eigenvalue weighted by Gasteiger charge is 2.36. The predicted octanol–water partition coefficient (Wildman–Crippen LogP) is 1.88. The molecule has 3 saturated heterocycles. The topological polar surface area (TPSA) is 96.2 Å². The molecular weight excluding hydrogens is 432 g/mol. The third kappa shape index (κ3) is 6.29. The van der Waals surface area contributed by atoms with Crippen LogP contribution in [-0.2, 0) is 14.4 Å². The lowest BCUT2D eigenvalue weighted by molar-refractivity contribution is -0.140. The number of piperidine rings is 3. The second kappa shape index (κ2) is 11.7. The summed E-state index contributed by atoms with van der Waals surface area (Å²) in [5.74, 6) is 1.10. The lowest BCUT2D eigenvalue weighted by Gasteiger charge is -2.44. The van der Waals surface area contributed by atoms with E-state index < -0.39 is 0 Å². The number of carbonyl (C=O) groups excluding carboxylic acids is 3. The van der Waals surface area contributed by atoms with Crippen LogP contribution in [0.15, 0.2) is 30.3 Å². The van der Waals surface area contributed by atoms with Crippen molar-refractivity contribution in [2.75, 3.05) is 45.9 Å². The predicted molar refractivity (Wildman–Crippen MR) is 129 cm³/mol. The number of benzene rings is 1. The minimum atomic E-state index is -0.224. The molecule has 0 bridgehead atoms. The monoisotopic (exact) mass is 470 g/mol. The van der Waals surface area contributed by atoms with E-state index in [0.717, 1.165) is 77.7 Å². The first-order valence-electron chi connectivity index (χ1n) is 12.8. The molecule has 4 rings (SSSR count). The largest absolute Gasteiger partial charge is 0.484 e. The summed E-state index contributed by atoms with van der Waals surface area (Å²) in [4.78, 5) is 43.5. The molecule has 1 aromatic rings. The van der Waals surface area contributed by atoms with Gasteiger partial charge in [0.2, 0.25) is 11.8 Å². The number of primary amides is 1. The Morgan fingerprint density at radius 2 is 1.56 bits per heavy atom. The average Bonchev–Trinajstić information content (AvgIpc) is 2.88. The third-order valence-corrected chi connectivity index (χ3v) is 7.76. The molecule has 2 N–H and O–H groups in total. The molecule has 3 fully saturated rings. The fraction of sp³-hybridized carbons (Fsp3) is 0.654. The third-order valence-electron chi connectivity index (χ3n) is 7.76. The Bertz CT molecular complexity index is 832. The van der Waals surface area contributed by atoms with Crippen molar-refractivity contribution >= 4 is 17.7 Å². The van der Waals surface area contributed by atoms with Crippen molar-refractivity contribution in [2.45, 2.75) is 51.0 Å². The highest BCUT2D eigenvalue weighted by Crippen LogP contribution is 2.31. The second-order valence-corrected chi connectivity index (χ2v) is 9.92. The molecule has 186 valence electrons. The number of para-hydroxylation sites is 1. The highest BCUT2D eigenvalue weighted by molar-refractivity contribution is 5.79. The molecule has 8 heteroatoms. The molecule has 3 heterocycles. The van der Waals surface area contributed by atoms with Gasteiger partial charge in [0, 0.05) is 31.6 Å². The molecule has 3 amide bonds. The maximum absolute atomic E-state index is 13.2. The molecule has 0 saturated carbocycles. The fourth-order valence-electron chi connectivity index (χ4n) is 5.70. The summed E-state index contributed by atoms with van der Waals surface area (Å²) in [7, 11) is 0. The van der Waals surface area contributed by atoms with Crippen LogP contribution in [0.1, 0.15) is 44.9 Å². The molecule has 0 aliphatic carbocycles. The molecule has 0 unspecified atom stereocenters. The van der Waals surface area contributed by atoms with Crippen LogP contribution in [0, 0.1) is 11.8 Å². The molecule has 0 radical (unpaired) electrons. The zero-order valence-corrected chi connectivity index (χ0v) is 20.1. The number of likely N-dealkylation sites (tertiary alicyclic amines) is 3. The number of nitrogens with two attached hydrogens (primary N) is 1. The fourth-order valence-corrected chi connectivity index (χ4v) is 5.70. The molecule has 3 aliphatic heterocycles. The number of rotatable bonds is 7. The Labute approximate surface area is 202 Å². The SMILES string of the molecule is NC(=O)C1CCN(CC(=O)N2CCCC[C@@H]2C2CCN(C(=O)COc3ccccc3)CC2)CC1. The maximum atomic E-state index is 13.2. The van der Waals surface area contributed by atoms with Gasteiger partial charge >= 0.3 is 0 Å². The van der Waals surface area contributed by atoms with Crippen LogP contribution in [0.4, 0.5) is 0 Å². The first-order valence-corrected chi connectivity index (χ1v) is 12.8. The van der Waals surface area contributed by atoms with Gasteiger partial charge in [-0.3, -0.25) is 19.3 Å². The van der Waals surface area contributed by atoms with Gasteiger partial charge in [-0.25, -0.2) is 0 Å². The summed E-state index contributed by atoms with van der Waals surface area (Å²) in [6, 6.07) is 9.69. The van der Waals surface area contributed by atoms with Crippen LogP contribution in [-0.4, -0.2) is 84.3 Å². The van der Waals surface area contributed by atoms with E-state index in [-0.39, 0.29) is 36.3 Å². The van der Waals surface area contributed by atoms with Crippen LogP contribution < -0.4 is 10.5 Å². The first-order chi connectivity index (χ1) is 16.5. The molecule has 3 aliphatic rings. The number of ether oxygens (including phenoxy) is 1. The van der Waals surface area contributed by atoms with Crippen molar-refractivity contribution in [1.82, 2.24) is 14.7 Å². The van der Waals surface area contributed by atoms with Crippen LogP contribution >= 0.6 is 0 Å². The minimum absolute atomic E-state index is 0.0262. The van der Waals surface area contributed by atoms with Crippen LogP contribution in [0.5, 0.6) is 5.75 Å². The summed E-state index contributed by atoms with van der Waals surface area (Å²) in [6.07, 6.45) is 6.60. The van der Waals surface area contributed by atoms with E-state index in [0.29, 0.717) is 18.2 Å². The van der Waals surface area contributed by atoms with E-state index in [1.807, 2.05) is 35.2 Å². The van der Waals surface area contributed by atoms with Gasteiger partial charge in [0.05, 0.1) is 6.54 Å². The number of nitrogens with zero attached hydrogens (tertiary/aromatic N) is 3. The van der Waals surface area contributed by atoms with Crippen molar-refractivity contribution < 1.29 is 19.1 Å². The van der Waals surface area contributed by atoms with Crippen molar-refractivity contribution in [3.8, 4) is 5.75 Å². The Balaban J connectivity index is 1.24. The van der Waals surface area contributed by atoms with E-state index >= 15 is 0 Å². The summed E-state index contributed by atoms with van der Waals surface area (Å²) >= 11 is 0. The first kappa shape index (κ1) is 24.5. The van der Waals surface area contributed by atoms with Gasteiger partial charge in [-0.15, -0.1) is 0 Å². The molecule has 0 spiro atoms. The molecule has 8 nitrogen and oxygen atoms in total. The van der Waals surface area contributed by atoms with Crippen LogP contribution in [0.25, 0.3) is 0 Å². The van der Waals surface area contributed by atoms with E-state index in [4.69, 9.17) is 10.5 Å². The Kier molecular flexibility index (Phi) is 8.43. The van der Waals surface area contributed by atoms with Crippen molar-refractivity contribution in [3.63, 3.8) is 0 Å². The zero-order chi connectivity index (χ0) is 23.9. The normalized spacial score (nSPS) is 23.0. The van der Waals surface area contributed by atoms with Crippen molar-refractivity contribution in [1.29, 1.82) is 0 Å². The van der Waals surface area contributed by atoms with Crippen molar-refractivity contribution in [3.05, 3.63) is 30.3 Å². The molecule has 1 atom stereocenters. The number of hydrogen-bond donors (Lipinski definition) is 1. The standard InChI is InChI=1S/C26H38N4O4/c27-26(33)21-9-14-28(15-10-21)18-24(31)30-13-5-4-8-23(30)20-11-16-29(17-12-20)25(32)19-34-22-6-2-1-3-7-22/h1-3,6-7,20-21,23H,4-5,8-19H2,(H2,27,33)/t23-/m1/s1. The number of carbonyl (C=O) groups is 3. The summed E-state index contributed by atoms with van der Waals surface area (Å²) in [5, 5.41) is 0. The van der Waals surface area contributed by atoms with Gasteiger partial charge in [-0.2, -0.15) is 0 Å². The van der Waals surface area contributed by atoms with Crippen molar-refractivity contribution in [2.24, 2.45) is 17.6 Å². The zero-order valence-electron chi connectivity index (χ0n) is 20.1. The van der Waals surface area contributed by atoms with Crippen LogP contribution in [0.3, 0.4) is 0 Å². The van der Waals surface area contributed by atoms with Gasteiger partial charge in [0.1, 0.15) is 5.75 Å². The summed E-state index contributed by atoms with van der Waals surface area (Å²) in [6.45, 7) is 4.27. The highest BCUT2D eigenvalue weighted by atomic mass is 16.5. The van der Waals surface area contributed by atoms with Gasteiger partial charge in [-0.1, -0.05) is 18.2 Å². The van der Waals surface area contributed by atoms with Gasteiger partial charge < -0.3 is 20.3 Å². The molecule has 34 heavy (non-hydrogen) atoms. The molecule has 0 aromatic heterocycles. The minimum Gasteiger partial charge on any atom is -0.484 e. The lowest BCUT2D eigenvalue weighted by Crippen LogP contribution is -2.54. The quantitative estimate of drug-likeness (QED) is 0.657. The Morgan fingerprint density at radius 1 is 0.853 bits per heavy atom. The van der Waals surface area contributed by atoms with Gasteiger partial charge in [0.25, 0.3) is 5.91 Å². The number of hydrogen-bond acceptors (Lipinski definition) is 5. The summed E-state index contributed by atoms with van der Waals surface area (Å²) in [5.41, 5.74) is 5.44. The van der Waals surface area contributed by atoms with E-state index in [1.165, 1.54) is 0 Å². The van der Waals surface area contributed by atoms with Gasteiger partial charge in [0.15, 0.2) is 6.61 Å². The van der Waals surface area contributed by atoms with E-state index in [9.17, 15) is 14.4 Å². The van der Waals surface area contributed by atoms with Crippen LogP contribution in [0.2, 0.25) is 0 Å². The Morgan fingerprint density at radius 3 is 2.24 bits per heavy atom. The number of amides is 3. The lowest BCUT2D eigenvalue weighted by atomic mass is 9.83. The van der Waals surface area contributed by atoms with E-state index in [2.05, 4.69) is 9.80 Å².